The highest BCUT2D eigenvalue weighted by atomic mass is 16.5. The van der Waals surface area contributed by atoms with Crippen molar-refractivity contribution in [3.63, 3.8) is 0 Å². The van der Waals surface area contributed by atoms with Gasteiger partial charge in [-0.15, -0.1) is 0 Å². The van der Waals surface area contributed by atoms with Gasteiger partial charge in [0.15, 0.2) is 0 Å². The third kappa shape index (κ3) is 4.70. The lowest BCUT2D eigenvalue weighted by atomic mass is 10.1. The maximum Gasteiger partial charge on any atom is 0.229 e. The highest BCUT2D eigenvalue weighted by Gasteiger charge is 2.02. The molecule has 0 saturated heterocycles. The van der Waals surface area contributed by atoms with Crippen LogP contribution in [0, 0.1) is 0 Å². The Morgan fingerprint density at radius 1 is 0.840 bits per heavy atom. The van der Waals surface area contributed by atoms with Gasteiger partial charge in [0.05, 0.1) is 6.61 Å². The maximum absolute atomic E-state index is 5.45. The summed E-state index contributed by atoms with van der Waals surface area (Å²) >= 11 is 0. The number of ether oxygens (including phenoxy) is 1. The molecule has 2 N–H and O–H groups in total. The van der Waals surface area contributed by atoms with Gasteiger partial charge in [0.1, 0.15) is 11.6 Å². The van der Waals surface area contributed by atoms with Crippen LogP contribution in [0.2, 0.25) is 0 Å². The first kappa shape index (κ1) is 16.8. The third-order valence-electron chi connectivity index (χ3n) is 3.71. The van der Waals surface area contributed by atoms with Gasteiger partial charge in [0, 0.05) is 17.6 Å². The number of nitrogens with one attached hydrogen (secondary N) is 2. The fraction of sp³-hybridized carbons (Fsp3) is 0.200. The van der Waals surface area contributed by atoms with Crippen LogP contribution in [0.3, 0.4) is 0 Å². The zero-order valence-corrected chi connectivity index (χ0v) is 14.5. The van der Waals surface area contributed by atoms with Crippen molar-refractivity contribution in [2.75, 3.05) is 17.2 Å². The number of hydrogen-bond acceptors (Lipinski definition) is 5. The topological polar surface area (TPSA) is 59.1 Å². The van der Waals surface area contributed by atoms with Crippen molar-refractivity contribution >= 4 is 23.1 Å². The minimum Gasteiger partial charge on any atom is -0.494 e. The molecule has 0 aliphatic heterocycles. The van der Waals surface area contributed by atoms with E-state index in [-0.39, 0.29) is 0 Å². The summed E-state index contributed by atoms with van der Waals surface area (Å²) in [5.41, 5.74) is 3.22. The molecule has 5 heteroatoms. The third-order valence-corrected chi connectivity index (χ3v) is 3.71. The van der Waals surface area contributed by atoms with Crippen molar-refractivity contribution in [2.45, 2.75) is 20.3 Å². The Balaban J connectivity index is 1.68. The van der Waals surface area contributed by atoms with Crippen molar-refractivity contribution in [2.24, 2.45) is 0 Å². The standard InChI is InChI=1S/C20H22N4O/c1-3-15-5-7-17(8-6-15)23-20-21-14-13-19(24-20)22-16-9-11-18(12-10-16)25-4-2/h5-14H,3-4H2,1-2H3,(H2,21,22,23,24). The minimum atomic E-state index is 0.556. The van der Waals surface area contributed by atoms with E-state index in [0.717, 1.165) is 29.4 Å². The van der Waals surface area contributed by atoms with Crippen LogP contribution in [0.25, 0.3) is 0 Å². The van der Waals surface area contributed by atoms with E-state index in [9.17, 15) is 0 Å². The van der Waals surface area contributed by atoms with Crippen LogP contribution in [-0.4, -0.2) is 16.6 Å². The second-order valence-electron chi connectivity index (χ2n) is 5.52. The molecule has 2 aromatic carbocycles. The van der Waals surface area contributed by atoms with Crippen LogP contribution in [0.5, 0.6) is 5.75 Å². The summed E-state index contributed by atoms with van der Waals surface area (Å²) in [6.07, 6.45) is 2.75. The molecule has 0 amide bonds. The molecule has 0 aliphatic carbocycles. The molecule has 25 heavy (non-hydrogen) atoms. The van der Waals surface area contributed by atoms with Crippen molar-refractivity contribution in [1.29, 1.82) is 0 Å². The van der Waals surface area contributed by atoms with Gasteiger partial charge in [-0.2, -0.15) is 4.98 Å². The summed E-state index contributed by atoms with van der Waals surface area (Å²) in [5, 5.41) is 6.50. The summed E-state index contributed by atoms with van der Waals surface area (Å²) in [7, 11) is 0. The summed E-state index contributed by atoms with van der Waals surface area (Å²) in [4.78, 5) is 8.78. The molecule has 0 atom stereocenters. The van der Waals surface area contributed by atoms with Gasteiger partial charge in [-0.3, -0.25) is 0 Å². The highest BCUT2D eigenvalue weighted by molar-refractivity contribution is 5.60. The Morgan fingerprint density at radius 2 is 1.52 bits per heavy atom. The first-order valence-electron chi connectivity index (χ1n) is 8.45. The second-order valence-corrected chi connectivity index (χ2v) is 5.52. The van der Waals surface area contributed by atoms with E-state index in [1.54, 1.807) is 6.20 Å². The minimum absolute atomic E-state index is 0.556. The first-order valence-corrected chi connectivity index (χ1v) is 8.45. The Morgan fingerprint density at radius 3 is 2.20 bits per heavy atom. The first-order chi connectivity index (χ1) is 12.3. The van der Waals surface area contributed by atoms with Crippen LogP contribution in [0.1, 0.15) is 19.4 Å². The Bertz CT molecular complexity index is 801. The van der Waals surface area contributed by atoms with E-state index in [2.05, 4.69) is 39.7 Å². The fourth-order valence-electron chi connectivity index (χ4n) is 2.39. The average molecular weight is 334 g/mol. The van der Waals surface area contributed by atoms with Crippen molar-refractivity contribution in [3.8, 4) is 5.75 Å². The number of aryl methyl sites for hydroxylation is 1. The SMILES string of the molecule is CCOc1ccc(Nc2ccnc(Nc3ccc(CC)cc3)n2)cc1. The van der Waals surface area contributed by atoms with E-state index in [4.69, 9.17) is 4.74 Å². The Labute approximate surface area is 148 Å². The van der Waals surface area contributed by atoms with Crippen molar-refractivity contribution in [3.05, 3.63) is 66.4 Å². The lowest BCUT2D eigenvalue weighted by Crippen LogP contribution is -2.00. The molecule has 0 saturated carbocycles. The largest absolute Gasteiger partial charge is 0.494 e. The van der Waals surface area contributed by atoms with Crippen molar-refractivity contribution < 1.29 is 4.74 Å². The van der Waals surface area contributed by atoms with E-state index >= 15 is 0 Å². The lowest BCUT2D eigenvalue weighted by Gasteiger charge is -2.09. The van der Waals surface area contributed by atoms with Gasteiger partial charge < -0.3 is 15.4 Å². The molecule has 0 spiro atoms. The number of benzene rings is 2. The number of hydrogen-bond donors (Lipinski definition) is 2. The van der Waals surface area contributed by atoms with E-state index < -0.39 is 0 Å². The molecule has 128 valence electrons. The van der Waals surface area contributed by atoms with Gasteiger partial charge in [-0.05, 0) is 61.4 Å². The van der Waals surface area contributed by atoms with Crippen molar-refractivity contribution in [1.82, 2.24) is 9.97 Å². The van der Waals surface area contributed by atoms with Gasteiger partial charge in [0.2, 0.25) is 5.95 Å². The van der Waals surface area contributed by atoms with Crippen LogP contribution in [0.15, 0.2) is 60.8 Å². The van der Waals surface area contributed by atoms with Crippen LogP contribution >= 0.6 is 0 Å². The van der Waals surface area contributed by atoms with E-state index in [1.165, 1.54) is 5.56 Å². The number of anilines is 4. The predicted molar refractivity (Wildman–Crippen MR) is 102 cm³/mol. The summed E-state index contributed by atoms with van der Waals surface area (Å²) in [6, 6.07) is 17.9. The Hall–Kier alpha value is -3.08. The quantitative estimate of drug-likeness (QED) is 0.642. The number of nitrogens with zero attached hydrogens (tertiary/aromatic N) is 2. The van der Waals surface area contributed by atoms with Gasteiger partial charge >= 0.3 is 0 Å². The Kier molecular flexibility index (Phi) is 5.46. The second kappa shape index (κ2) is 8.15. The monoisotopic (exact) mass is 334 g/mol. The molecule has 0 bridgehead atoms. The molecular weight excluding hydrogens is 312 g/mol. The number of rotatable bonds is 7. The maximum atomic E-state index is 5.45. The molecule has 0 radical (unpaired) electrons. The van der Waals surface area contributed by atoms with Gasteiger partial charge in [0.25, 0.3) is 0 Å². The molecule has 0 fully saturated rings. The zero-order chi connectivity index (χ0) is 17.5. The molecule has 3 aromatic rings. The molecular formula is C20H22N4O. The fourth-order valence-corrected chi connectivity index (χ4v) is 2.39. The molecule has 1 aromatic heterocycles. The normalized spacial score (nSPS) is 10.3. The van der Waals surface area contributed by atoms with E-state index in [0.29, 0.717) is 12.6 Å². The molecule has 3 rings (SSSR count). The molecule has 0 aliphatic rings. The summed E-state index contributed by atoms with van der Waals surface area (Å²) < 4.78 is 5.45. The summed E-state index contributed by atoms with van der Waals surface area (Å²) in [6.45, 7) is 4.77. The molecule has 0 unspecified atom stereocenters. The summed E-state index contributed by atoms with van der Waals surface area (Å²) in [5.74, 6) is 2.14. The zero-order valence-electron chi connectivity index (χ0n) is 14.5. The lowest BCUT2D eigenvalue weighted by molar-refractivity contribution is 0.340. The number of aromatic nitrogens is 2. The van der Waals surface area contributed by atoms with Gasteiger partial charge in [-0.1, -0.05) is 19.1 Å². The van der Waals surface area contributed by atoms with Gasteiger partial charge in [-0.25, -0.2) is 4.98 Å². The smallest absolute Gasteiger partial charge is 0.229 e. The highest BCUT2D eigenvalue weighted by Crippen LogP contribution is 2.20. The van der Waals surface area contributed by atoms with Crippen LogP contribution < -0.4 is 15.4 Å². The molecule has 5 nitrogen and oxygen atoms in total. The average Bonchev–Trinajstić information content (AvgIpc) is 2.65. The molecule has 1 heterocycles. The van der Waals surface area contributed by atoms with E-state index in [1.807, 2.05) is 49.4 Å². The predicted octanol–water partition coefficient (Wildman–Crippen LogP) is 4.92. The van der Waals surface area contributed by atoms with Crippen LogP contribution in [0.4, 0.5) is 23.1 Å². The van der Waals surface area contributed by atoms with Crippen LogP contribution in [-0.2, 0) is 6.42 Å².